The number of aromatic nitrogens is 1. The van der Waals surface area contributed by atoms with Gasteiger partial charge in [-0.3, -0.25) is 4.79 Å². The lowest BCUT2D eigenvalue weighted by molar-refractivity contribution is -0.695. The van der Waals surface area contributed by atoms with Crippen LogP contribution in [0.25, 0.3) is 0 Å². The van der Waals surface area contributed by atoms with Gasteiger partial charge in [0.25, 0.3) is 0 Å². The number of aryl methyl sites for hydroxylation is 2. The lowest BCUT2D eigenvalue weighted by atomic mass is 10.3. The molecule has 0 radical (unpaired) electrons. The largest absolute Gasteiger partial charge is 0.383 e. The molecule has 0 aromatic carbocycles. The van der Waals surface area contributed by atoms with E-state index in [0.717, 1.165) is 0 Å². The number of nitrogens with one attached hydrogen (secondary N) is 1. The summed E-state index contributed by atoms with van der Waals surface area (Å²) in [4.78, 5) is 11.4. The van der Waals surface area contributed by atoms with Gasteiger partial charge in [-0.15, -0.1) is 0 Å². The number of methoxy groups -OCH3 is 1. The Bertz CT molecular complexity index is 322. The van der Waals surface area contributed by atoms with E-state index in [1.54, 1.807) is 7.11 Å². The van der Waals surface area contributed by atoms with Gasteiger partial charge in [-0.25, -0.2) is 4.57 Å². The van der Waals surface area contributed by atoms with Crippen molar-refractivity contribution in [2.45, 2.75) is 19.9 Å². The van der Waals surface area contributed by atoms with Crippen molar-refractivity contribution < 1.29 is 14.1 Å². The predicted octanol–water partition coefficient (Wildman–Crippen LogP) is 0.435. The Morgan fingerprint density at radius 1 is 1.44 bits per heavy atom. The van der Waals surface area contributed by atoms with Gasteiger partial charge in [-0.2, -0.15) is 0 Å². The number of carbonyl (C=O) groups is 1. The monoisotopic (exact) mass is 223 g/mol. The fraction of sp³-hybridized carbons (Fsp3) is 0.500. The van der Waals surface area contributed by atoms with Crippen LogP contribution in [-0.2, 0) is 16.1 Å². The first-order valence-electron chi connectivity index (χ1n) is 5.43. The molecule has 1 heterocycles. The van der Waals surface area contributed by atoms with Crippen LogP contribution in [0, 0.1) is 6.92 Å². The summed E-state index contributed by atoms with van der Waals surface area (Å²) >= 11 is 0. The van der Waals surface area contributed by atoms with E-state index < -0.39 is 0 Å². The van der Waals surface area contributed by atoms with Crippen molar-refractivity contribution in [1.82, 2.24) is 5.32 Å². The van der Waals surface area contributed by atoms with E-state index >= 15 is 0 Å². The third-order valence-corrected chi connectivity index (χ3v) is 2.28. The highest BCUT2D eigenvalue weighted by Gasteiger charge is 2.05. The Kier molecular flexibility index (Phi) is 5.50. The molecule has 0 saturated carbocycles. The number of rotatable bonds is 6. The summed E-state index contributed by atoms with van der Waals surface area (Å²) < 4.78 is 6.85. The van der Waals surface area contributed by atoms with E-state index in [9.17, 15) is 4.79 Å². The second kappa shape index (κ2) is 6.95. The summed E-state index contributed by atoms with van der Waals surface area (Å²) in [7, 11) is 1.62. The summed E-state index contributed by atoms with van der Waals surface area (Å²) in [6.45, 7) is 3.89. The first-order valence-corrected chi connectivity index (χ1v) is 5.43. The smallest absolute Gasteiger partial charge is 0.226 e. The van der Waals surface area contributed by atoms with Crippen LogP contribution in [0.1, 0.15) is 12.0 Å². The third kappa shape index (κ3) is 4.89. The third-order valence-electron chi connectivity index (χ3n) is 2.28. The number of amides is 1. The van der Waals surface area contributed by atoms with Crippen LogP contribution in [-0.4, -0.2) is 26.2 Å². The molecule has 0 unspecified atom stereocenters. The quantitative estimate of drug-likeness (QED) is 0.561. The topological polar surface area (TPSA) is 42.2 Å². The van der Waals surface area contributed by atoms with E-state index in [4.69, 9.17) is 4.74 Å². The van der Waals surface area contributed by atoms with Crippen molar-refractivity contribution in [1.29, 1.82) is 0 Å². The molecule has 88 valence electrons. The zero-order valence-corrected chi connectivity index (χ0v) is 9.90. The van der Waals surface area contributed by atoms with Gasteiger partial charge in [0.15, 0.2) is 18.9 Å². The second-order valence-corrected chi connectivity index (χ2v) is 3.71. The number of hydrogen-bond donors (Lipinski definition) is 1. The molecule has 4 nitrogen and oxygen atoms in total. The molecule has 0 fully saturated rings. The molecule has 1 amide bonds. The number of pyridine rings is 1. The summed E-state index contributed by atoms with van der Waals surface area (Å²) in [5.41, 5.74) is 1.22. The molecule has 0 saturated heterocycles. The highest BCUT2D eigenvalue weighted by Crippen LogP contribution is 1.90. The minimum absolute atomic E-state index is 0.0603. The van der Waals surface area contributed by atoms with E-state index in [1.807, 2.05) is 36.0 Å². The Balaban J connectivity index is 2.23. The first-order chi connectivity index (χ1) is 7.72. The van der Waals surface area contributed by atoms with E-state index in [1.165, 1.54) is 5.56 Å². The summed E-state index contributed by atoms with van der Waals surface area (Å²) in [5, 5.41) is 2.79. The van der Waals surface area contributed by atoms with Crippen molar-refractivity contribution in [3.8, 4) is 0 Å². The fourth-order valence-electron chi connectivity index (χ4n) is 1.29. The summed E-state index contributed by atoms with van der Waals surface area (Å²) in [5.74, 6) is 0.0603. The van der Waals surface area contributed by atoms with Crippen LogP contribution in [0.3, 0.4) is 0 Å². The molecule has 0 bridgehead atoms. The van der Waals surface area contributed by atoms with Gasteiger partial charge >= 0.3 is 0 Å². The Morgan fingerprint density at radius 3 is 2.75 bits per heavy atom. The van der Waals surface area contributed by atoms with E-state index in [2.05, 4.69) is 5.32 Å². The standard InChI is InChI=1S/C12H18N2O2/c1-11-3-7-14(8-4-11)9-5-12(15)13-6-10-16-2/h3-4,7-8H,5-6,9-10H2,1-2H3/p+1. The summed E-state index contributed by atoms with van der Waals surface area (Å²) in [6, 6.07) is 4.06. The van der Waals surface area contributed by atoms with Crippen LogP contribution in [0.2, 0.25) is 0 Å². The number of hydrogen-bond acceptors (Lipinski definition) is 2. The van der Waals surface area contributed by atoms with Crippen molar-refractivity contribution in [2.24, 2.45) is 0 Å². The molecule has 0 atom stereocenters. The average molecular weight is 223 g/mol. The zero-order chi connectivity index (χ0) is 11.8. The molecule has 0 aliphatic heterocycles. The normalized spacial score (nSPS) is 10.1. The Morgan fingerprint density at radius 2 is 2.12 bits per heavy atom. The van der Waals surface area contributed by atoms with Gasteiger partial charge in [0.2, 0.25) is 5.91 Å². The molecular formula is C12H19N2O2+. The van der Waals surface area contributed by atoms with Gasteiger partial charge in [-0.05, 0) is 12.5 Å². The van der Waals surface area contributed by atoms with Crippen molar-refractivity contribution in [2.75, 3.05) is 20.3 Å². The molecule has 1 N–H and O–H groups in total. The van der Waals surface area contributed by atoms with Gasteiger partial charge in [0, 0.05) is 25.8 Å². The number of ether oxygens (including phenoxy) is 1. The predicted molar refractivity (Wildman–Crippen MR) is 60.9 cm³/mol. The van der Waals surface area contributed by atoms with Crippen molar-refractivity contribution in [3.05, 3.63) is 30.1 Å². The lowest BCUT2D eigenvalue weighted by Gasteiger charge is -2.02. The molecular weight excluding hydrogens is 204 g/mol. The van der Waals surface area contributed by atoms with Crippen LogP contribution in [0.15, 0.2) is 24.5 Å². The Hall–Kier alpha value is -1.42. The van der Waals surface area contributed by atoms with Crippen molar-refractivity contribution >= 4 is 5.91 Å². The molecule has 1 rings (SSSR count). The minimum Gasteiger partial charge on any atom is -0.383 e. The molecule has 0 aliphatic carbocycles. The number of carbonyl (C=O) groups excluding carboxylic acids is 1. The molecule has 0 spiro atoms. The highest BCUT2D eigenvalue weighted by molar-refractivity contribution is 5.75. The summed E-state index contributed by atoms with van der Waals surface area (Å²) in [6.07, 6.45) is 4.47. The second-order valence-electron chi connectivity index (χ2n) is 3.71. The van der Waals surface area contributed by atoms with Gasteiger partial charge in [0.05, 0.1) is 13.0 Å². The zero-order valence-electron chi connectivity index (χ0n) is 9.90. The number of nitrogens with zero attached hydrogens (tertiary/aromatic N) is 1. The molecule has 1 aromatic heterocycles. The maximum absolute atomic E-state index is 11.4. The lowest BCUT2D eigenvalue weighted by Crippen LogP contribution is -2.37. The highest BCUT2D eigenvalue weighted by atomic mass is 16.5. The van der Waals surface area contributed by atoms with E-state index in [-0.39, 0.29) is 5.91 Å². The van der Waals surface area contributed by atoms with Crippen molar-refractivity contribution in [3.63, 3.8) is 0 Å². The van der Waals surface area contributed by atoms with Gasteiger partial charge in [-0.1, -0.05) is 0 Å². The van der Waals surface area contributed by atoms with Crippen LogP contribution in [0.4, 0.5) is 0 Å². The SMILES string of the molecule is COCCNC(=O)CC[n+]1ccc(C)cc1. The first kappa shape index (κ1) is 12.6. The Labute approximate surface area is 96.2 Å². The molecule has 4 heteroatoms. The fourth-order valence-corrected chi connectivity index (χ4v) is 1.29. The average Bonchev–Trinajstić information content (AvgIpc) is 2.29. The molecule has 0 aliphatic rings. The molecule has 16 heavy (non-hydrogen) atoms. The van der Waals surface area contributed by atoms with Crippen LogP contribution >= 0.6 is 0 Å². The van der Waals surface area contributed by atoms with Gasteiger partial charge < -0.3 is 10.1 Å². The van der Waals surface area contributed by atoms with Crippen LogP contribution < -0.4 is 9.88 Å². The van der Waals surface area contributed by atoms with Gasteiger partial charge in [0.1, 0.15) is 0 Å². The van der Waals surface area contributed by atoms with E-state index in [0.29, 0.717) is 26.1 Å². The maximum atomic E-state index is 11.4. The minimum atomic E-state index is 0.0603. The maximum Gasteiger partial charge on any atom is 0.226 e. The molecule has 1 aromatic rings. The van der Waals surface area contributed by atoms with Crippen LogP contribution in [0.5, 0.6) is 0 Å².